The van der Waals surface area contributed by atoms with Crippen molar-refractivity contribution >= 4 is 44.9 Å². The molecule has 192 valence electrons. The molecule has 2 heterocycles. The van der Waals surface area contributed by atoms with E-state index in [9.17, 15) is 9.59 Å². The van der Waals surface area contributed by atoms with Gasteiger partial charge in [-0.15, -0.1) is 0 Å². The largest absolute Gasteiger partial charge is 0.495 e. The number of halogens is 1. The molecule has 0 spiro atoms. The number of fused-ring (bicyclic) bond motifs is 1. The van der Waals surface area contributed by atoms with Crippen molar-refractivity contribution in [3.8, 4) is 5.75 Å². The van der Waals surface area contributed by atoms with Crippen LogP contribution in [0.25, 0.3) is 0 Å². The lowest BCUT2D eigenvalue weighted by molar-refractivity contribution is -0.113. The van der Waals surface area contributed by atoms with Crippen LogP contribution in [0.1, 0.15) is 34.5 Å². The third kappa shape index (κ3) is 4.92. The molecular formula is C29H26BrN5O3. The summed E-state index contributed by atoms with van der Waals surface area (Å²) >= 11 is 3.48. The van der Waals surface area contributed by atoms with Gasteiger partial charge in [-0.2, -0.15) is 5.10 Å². The van der Waals surface area contributed by atoms with E-state index in [1.165, 1.54) is 6.20 Å². The minimum Gasteiger partial charge on any atom is -0.495 e. The summed E-state index contributed by atoms with van der Waals surface area (Å²) in [7, 11) is 1.56. The Morgan fingerprint density at radius 1 is 0.947 bits per heavy atom. The van der Waals surface area contributed by atoms with Crippen molar-refractivity contribution in [3.63, 3.8) is 0 Å². The number of nitrogens with zero attached hydrogens (tertiary/aromatic N) is 2. The smallest absolute Gasteiger partial charge is 0.261 e. The Bertz CT molecular complexity index is 1540. The molecule has 8 nitrogen and oxygen atoms in total. The van der Waals surface area contributed by atoms with Gasteiger partial charge in [0.1, 0.15) is 23.2 Å². The van der Waals surface area contributed by atoms with E-state index in [0.717, 1.165) is 15.6 Å². The molecule has 0 fully saturated rings. The monoisotopic (exact) mass is 571 g/mol. The van der Waals surface area contributed by atoms with Gasteiger partial charge in [0.2, 0.25) is 0 Å². The number of allylic oxidation sites excluding steroid dienone is 1. The van der Waals surface area contributed by atoms with Crippen LogP contribution in [-0.4, -0.2) is 28.7 Å². The van der Waals surface area contributed by atoms with Gasteiger partial charge < -0.3 is 20.7 Å². The van der Waals surface area contributed by atoms with Crippen molar-refractivity contribution in [3.05, 3.63) is 111 Å². The Balaban J connectivity index is 1.54. The lowest BCUT2D eigenvalue weighted by atomic mass is 9.94. The number of anilines is 3. The normalized spacial score (nSPS) is 14.4. The Kier molecular flexibility index (Phi) is 7.02. The number of methoxy groups -OCH3 is 1. The molecule has 0 saturated carbocycles. The zero-order valence-corrected chi connectivity index (χ0v) is 22.7. The highest BCUT2D eigenvalue weighted by Gasteiger charge is 2.35. The molecule has 3 N–H and O–H groups in total. The van der Waals surface area contributed by atoms with Gasteiger partial charge in [-0.05, 0) is 55.8 Å². The second kappa shape index (κ2) is 10.5. The predicted molar refractivity (Wildman–Crippen MR) is 152 cm³/mol. The van der Waals surface area contributed by atoms with Crippen LogP contribution in [-0.2, 0) is 4.79 Å². The van der Waals surface area contributed by atoms with Crippen LogP contribution in [0.5, 0.6) is 5.75 Å². The number of para-hydroxylation sites is 2. The molecule has 0 aliphatic carbocycles. The molecule has 9 heteroatoms. The number of hydrogen-bond donors (Lipinski definition) is 3. The van der Waals surface area contributed by atoms with Gasteiger partial charge in [0, 0.05) is 15.9 Å². The quantitative estimate of drug-likeness (QED) is 0.258. The first-order valence-electron chi connectivity index (χ1n) is 12.0. The lowest BCUT2D eigenvalue weighted by Crippen LogP contribution is -2.32. The van der Waals surface area contributed by atoms with Gasteiger partial charge in [-0.25, -0.2) is 4.68 Å². The van der Waals surface area contributed by atoms with Gasteiger partial charge in [0.15, 0.2) is 0 Å². The Morgan fingerprint density at radius 3 is 2.37 bits per heavy atom. The number of ether oxygens (including phenoxy) is 1. The zero-order chi connectivity index (χ0) is 26.8. The number of aromatic nitrogens is 2. The van der Waals surface area contributed by atoms with Crippen molar-refractivity contribution in [1.82, 2.24) is 9.78 Å². The molecule has 5 rings (SSSR count). The van der Waals surface area contributed by atoms with Crippen LogP contribution >= 0.6 is 15.9 Å². The summed E-state index contributed by atoms with van der Waals surface area (Å²) in [6.07, 6.45) is 1.52. The lowest BCUT2D eigenvalue weighted by Gasteiger charge is -2.30. The summed E-state index contributed by atoms with van der Waals surface area (Å²) in [6, 6.07) is 21.9. The molecule has 2 amide bonds. The Hall–Kier alpha value is -4.37. The fourth-order valence-electron chi connectivity index (χ4n) is 4.44. The van der Waals surface area contributed by atoms with Gasteiger partial charge in [0.25, 0.3) is 11.8 Å². The van der Waals surface area contributed by atoms with E-state index in [-0.39, 0.29) is 11.8 Å². The van der Waals surface area contributed by atoms with Crippen LogP contribution < -0.4 is 20.7 Å². The molecule has 0 saturated heterocycles. The molecule has 1 aromatic heterocycles. The second-order valence-corrected chi connectivity index (χ2v) is 9.86. The van der Waals surface area contributed by atoms with Crippen LogP contribution in [0.2, 0.25) is 0 Å². The first-order chi connectivity index (χ1) is 18.4. The number of nitrogens with one attached hydrogen (secondary N) is 3. The maximum Gasteiger partial charge on any atom is 0.261 e. The highest BCUT2D eigenvalue weighted by Crippen LogP contribution is 2.38. The maximum absolute atomic E-state index is 13.7. The minimum atomic E-state index is -0.574. The van der Waals surface area contributed by atoms with E-state index >= 15 is 0 Å². The van der Waals surface area contributed by atoms with E-state index in [4.69, 9.17) is 4.74 Å². The number of hydrogen-bond acceptors (Lipinski definition) is 5. The van der Waals surface area contributed by atoms with Crippen molar-refractivity contribution in [1.29, 1.82) is 0 Å². The van der Waals surface area contributed by atoms with Crippen LogP contribution in [0.15, 0.2) is 94.7 Å². The Labute approximate surface area is 228 Å². The molecule has 1 aliphatic rings. The molecule has 4 aromatic rings. The minimum absolute atomic E-state index is 0.299. The summed E-state index contributed by atoms with van der Waals surface area (Å²) in [5.41, 5.74) is 4.64. The fraction of sp³-hybridized carbons (Fsp3) is 0.138. The third-order valence-corrected chi connectivity index (χ3v) is 6.89. The first kappa shape index (κ1) is 25.3. The topological polar surface area (TPSA) is 97.3 Å². The highest BCUT2D eigenvalue weighted by molar-refractivity contribution is 9.10. The summed E-state index contributed by atoms with van der Waals surface area (Å²) in [6.45, 7) is 3.81. The molecule has 0 bridgehead atoms. The number of carbonyl (C=O) groups is 2. The third-order valence-electron chi connectivity index (χ3n) is 6.36. The molecule has 0 unspecified atom stereocenters. The number of carbonyl (C=O) groups excluding carboxylic acids is 2. The zero-order valence-electron chi connectivity index (χ0n) is 21.1. The molecule has 3 aromatic carbocycles. The van der Waals surface area contributed by atoms with Crippen LogP contribution in [0, 0.1) is 6.92 Å². The van der Waals surface area contributed by atoms with Crippen molar-refractivity contribution in [2.75, 3.05) is 23.1 Å². The fourth-order valence-corrected chi connectivity index (χ4v) is 4.71. The van der Waals surface area contributed by atoms with Gasteiger partial charge >= 0.3 is 0 Å². The number of amides is 2. The predicted octanol–water partition coefficient (Wildman–Crippen LogP) is 6.14. The summed E-state index contributed by atoms with van der Waals surface area (Å²) in [5.74, 6) is 0.456. The molecular weight excluding hydrogens is 546 g/mol. The molecule has 38 heavy (non-hydrogen) atoms. The summed E-state index contributed by atoms with van der Waals surface area (Å²) in [5, 5.41) is 13.7. The van der Waals surface area contributed by atoms with Crippen molar-refractivity contribution < 1.29 is 14.3 Å². The van der Waals surface area contributed by atoms with Gasteiger partial charge in [-0.3, -0.25) is 9.59 Å². The average Bonchev–Trinajstić information content (AvgIpc) is 3.33. The second-order valence-electron chi connectivity index (χ2n) is 8.94. The van der Waals surface area contributed by atoms with Crippen LogP contribution in [0.4, 0.5) is 17.2 Å². The number of benzene rings is 3. The SMILES string of the molecule is COc1ccccc1NC(=O)C1=C(C)Nc2c(C(=O)Nc3ccc(C)cc3)cnn2[C@H]1c1ccc(Br)cc1. The number of rotatable bonds is 6. The van der Waals surface area contributed by atoms with E-state index in [0.29, 0.717) is 39.8 Å². The average molecular weight is 572 g/mol. The van der Waals surface area contributed by atoms with E-state index in [1.807, 2.05) is 74.5 Å². The van der Waals surface area contributed by atoms with Crippen molar-refractivity contribution in [2.24, 2.45) is 0 Å². The standard InChI is InChI=1S/C29H26BrN5O3/c1-17-8-14-21(15-9-17)33-28(36)22-16-31-35-26(19-10-12-20(30)13-11-19)25(18(2)32-27(22)35)29(37)34-23-6-4-5-7-24(23)38-3/h4-16,26,32H,1-3H3,(H,33,36)(H,34,37)/t26-/m0/s1. The van der Waals surface area contributed by atoms with Gasteiger partial charge in [0.05, 0.1) is 24.6 Å². The van der Waals surface area contributed by atoms with Crippen LogP contribution in [0.3, 0.4) is 0 Å². The highest BCUT2D eigenvalue weighted by atomic mass is 79.9. The summed E-state index contributed by atoms with van der Waals surface area (Å²) in [4.78, 5) is 27.0. The van der Waals surface area contributed by atoms with Gasteiger partial charge in [-0.1, -0.05) is 57.9 Å². The maximum atomic E-state index is 13.7. The van der Waals surface area contributed by atoms with Crippen molar-refractivity contribution in [2.45, 2.75) is 19.9 Å². The van der Waals surface area contributed by atoms with E-state index in [2.05, 4.69) is 37.0 Å². The molecule has 0 radical (unpaired) electrons. The molecule has 1 atom stereocenters. The Morgan fingerprint density at radius 2 is 1.66 bits per heavy atom. The molecule has 1 aliphatic heterocycles. The van der Waals surface area contributed by atoms with E-state index < -0.39 is 6.04 Å². The number of aryl methyl sites for hydroxylation is 1. The van der Waals surface area contributed by atoms with E-state index in [1.54, 1.807) is 23.9 Å². The first-order valence-corrected chi connectivity index (χ1v) is 12.8. The summed E-state index contributed by atoms with van der Waals surface area (Å²) < 4.78 is 8.00.